The lowest BCUT2D eigenvalue weighted by molar-refractivity contribution is 0.0693. The summed E-state index contributed by atoms with van der Waals surface area (Å²) in [6.07, 6.45) is 4.17. The van der Waals surface area contributed by atoms with Crippen molar-refractivity contribution in [3.63, 3.8) is 0 Å². The molecule has 2 heterocycles. The van der Waals surface area contributed by atoms with Crippen LogP contribution in [0.3, 0.4) is 0 Å². The second-order valence-electron chi connectivity index (χ2n) is 3.02. The van der Waals surface area contributed by atoms with E-state index in [1.54, 1.807) is 0 Å². The lowest BCUT2D eigenvalue weighted by atomic mass is 10.3. The van der Waals surface area contributed by atoms with Gasteiger partial charge in [-0.05, 0) is 17.8 Å². The van der Waals surface area contributed by atoms with Gasteiger partial charge >= 0.3 is 5.97 Å². The largest absolute Gasteiger partial charge is 0.478 e. The first kappa shape index (κ1) is 11.3. The van der Waals surface area contributed by atoms with Crippen molar-refractivity contribution in [3.8, 4) is 0 Å². The van der Waals surface area contributed by atoms with Crippen molar-refractivity contribution in [1.29, 1.82) is 0 Å². The molecule has 0 aliphatic heterocycles. The summed E-state index contributed by atoms with van der Waals surface area (Å²) in [6, 6.07) is 2.68. The molecule has 0 bridgehead atoms. The molecule has 0 saturated carbocycles. The topological polar surface area (TPSA) is 95.9 Å². The van der Waals surface area contributed by atoms with Crippen LogP contribution in [0.2, 0.25) is 0 Å². The van der Waals surface area contributed by atoms with E-state index in [0.717, 1.165) is 11.8 Å². The third kappa shape index (κ3) is 2.70. The molecule has 0 saturated heterocycles. The number of rotatable bonds is 3. The Morgan fingerprint density at radius 2 is 2.18 bits per heavy atom. The SMILES string of the molecule is O=C(O)c1ccncc1Sc1nccc(=O)[nH]1. The van der Waals surface area contributed by atoms with Gasteiger partial charge in [0.15, 0.2) is 5.16 Å². The van der Waals surface area contributed by atoms with Crippen molar-refractivity contribution in [2.24, 2.45) is 0 Å². The van der Waals surface area contributed by atoms with Gasteiger partial charge in [0.1, 0.15) is 0 Å². The Kier molecular flexibility index (Phi) is 3.20. The monoisotopic (exact) mass is 249 g/mol. The van der Waals surface area contributed by atoms with E-state index in [2.05, 4.69) is 15.0 Å². The molecule has 2 aromatic rings. The number of hydrogen-bond donors (Lipinski definition) is 2. The molecule has 0 radical (unpaired) electrons. The molecule has 0 atom stereocenters. The summed E-state index contributed by atoms with van der Waals surface area (Å²) in [7, 11) is 0. The van der Waals surface area contributed by atoms with E-state index in [-0.39, 0.29) is 11.1 Å². The van der Waals surface area contributed by atoms with Crippen LogP contribution in [0.15, 0.2) is 45.6 Å². The smallest absolute Gasteiger partial charge is 0.336 e. The summed E-state index contributed by atoms with van der Waals surface area (Å²) < 4.78 is 0. The van der Waals surface area contributed by atoms with Crippen molar-refractivity contribution >= 4 is 17.7 Å². The maximum atomic E-state index is 11.1. The Labute approximate surface area is 99.8 Å². The van der Waals surface area contributed by atoms with Crippen LogP contribution in [0.25, 0.3) is 0 Å². The van der Waals surface area contributed by atoms with Gasteiger partial charge in [-0.25, -0.2) is 9.78 Å². The summed E-state index contributed by atoms with van der Waals surface area (Å²) in [5.41, 5.74) is -0.167. The quantitative estimate of drug-likeness (QED) is 0.788. The molecule has 2 aromatic heterocycles. The zero-order valence-corrected chi connectivity index (χ0v) is 9.27. The third-order valence-corrected chi connectivity index (χ3v) is 2.82. The van der Waals surface area contributed by atoms with Crippen LogP contribution in [-0.2, 0) is 0 Å². The number of carboxylic acid groups (broad SMARTS) is 1. The Morgan fingerprint density at radius 1 is 1.35 bits per heavy atom. The Hall–Kier alpha value is -2.15. The molecule has 0 unspecified atom stereocenters. The summed E-state index contributed by atoms with van der Waals surface area (Å²) in [5, 5.41) is 9.29. The van der Waals surface area contributed by atoms with Crippen LogP contribution in [0.4, 0.5) is 0 Å². The molecule has 0 amide bonds. The first-order chi connectivity index (χ1) is 8.16. The van der Waals surface area contributed by atoms with E-state index >= 15 is 0 Å². The number of aromatic nitrogens is 3. The number of nitrogens with zero attached hydrogens (tertiary/aromatic N) is 2. The van der Waals surface area contributed by atoms with Gasteiger partial charge in [0.25, 0.3) is 5.56 Å². The van der Waals surface area contributed by atoms with Crippen molar-refractivity contribution in [3.05, 3.63) is 46.6 Å². The van der Waals surface area contributed by atoms with Gasteiger partial charge in [-0.2, -0.15) is 0 Å². The fraction of sp³-hybridized carbons (Fsp3) is 0. The van der Waals surface area contributed by atoms with Crippen molar-refractivity contribution < 1.29 is 9.90 Å². The van der Waals surface area contributed by atoms with Crippen LogP contribution in [-0.4, -0.2) is 26.0 Å². The predicted octanol–water partition coefficient (Wildman–Crippen LogP) is 1.01. The number of nitrogens with one attached hydrogen (secondary N) is 1. The summed E-state index contributed by atoms with van der Waals surface area (Å²) >= 11 is 1.05. The molecule has 86 valence electrons. The van der Waals surface area contributed by atoms with Gasteiger partial charge in [-0.3, -0.25) is 9.78 Å². The molecular formula is C10H7N3O3S. The average molecular weight is 249 g/mol. The van der Waals surface area contributed by atoms with Gasteiger partial charge in [0.2, 0.25) is 0 Å². The fourth-order valence-corrected chi connectivity index (χ4v) is 2.00. The second-order valence-corrected chi connectivity index (χ2v) is 4.05. The average Bonchev–Trinajstić information content (AvgIpc) is 2.29. The van der Waals surface area contributed by atoms with E-state index in [1.165, 1.54) is 30.7 Å². The van der Waals surface area contributed by atoms with Crippen molar-refractivity contribution in [2.45, 2.75) is 10.1 Å². The van der Waals surface area contributed by atoms with E-state index in [1.807, 2.05) is 0 Å². The zero-order valence-electron chi connectivity index (χ0n) is 8.45. The number of carboxylic acids is 1. The van der Waals surface area contributed by atoms with Crippen LogP contribution >= 0.6 is 11.8 Å². The van der Waals surface area contributed by atoms with Gasteiger partial charge in [-0.15, -0.1) is 0 Å². The number of hydrogen-bond acceptors (Lipinski definition) is 5. The molecule has 7 heteroatoms. The maximum absolute atomic E-state index is 11.1. The zero-order chi connectivity index (χ0) is 12.3. The van der Waals surface area contributed by atoms with Crippen molar-refractivity contribution in [1.82, 2.24) is 15.0 Å². The minimum atomic E-state index is -1.05. The Balaban J connectivity index is 2.36. The molecule has 0 aromatic carbocycles. The Morgan fingerprint density at radius 3 is 2.88 bits per heavy atom. The van der Waals surface area contributed by atoms with Crippen LogP contribution in [0, 0.1) is 0 Å². The summed E-state index contributed by atoms with van der Waals surface area (Å²) in [4.78, 5) is 32.7. The van der Waals surface area contributed by atoms with E-state index in [9.17, 15) is 9.59 Å². The number of pyridine rings is 1. The normalized spacial score (nSPS) is 10.1. The number of H-pyrrole nitrogens is 1. The molecule has 0 fully saturated rings. The second kappa shape index (κ2) is 4.79. The fourth-order valence-electron chi connectivity index (χ4n) is 1.15. The van der Waals surface area contributed by atoms with E-state index < -0.39 is 5.97 Å². The highest BCUT2D eigenvalue weighted by Crippen LogP contribution is 2.26. The molecule has 6 nitrogen and oxygen atoms in total. The van der Waals surface area contributed by atoms with Gasteiger partial charge in [0.05, 0.1) is 5.56 Å². The maximum Gasteiger partial charge on any atom is 0.336 e. The van der Waals surface area contributed by atoms with Gasteiger partial charge < -0.3 is 10.1 Å². The minimum absolute atomic E-state index is 0.122. The molecule has 2 N–H and O–H groups in total. The lowest BCUT2D eigenvalue weighted by Gasteiger charge is -2.03. The molecular weight excluding hydrogens is 242 g/mol. The minimum Gasteiger partial charge on any atom is -0.478 e. The van der Waals surface area contributed by atoms with E-state index in [0.29, 0.717) is 10.1 Å². The lowest BCUT2D eigenvalue weighted by Crippen LogP contribution is -2.06. The number of aromatic amines is 1. The highest BCUT2D eigenvalue weighted by atomic mass is 32.2. The van der Waals surface area contributed by atoms with E-state index in [4.69, 9.17) is 5.11 Å². The predicted molar refractivity (Wildman–Crippen MR) is 60.2 cm³/mol. The Bertz CT molecular complexity index is 611. The number of carbonyl (C=O) groups is 1. The van der Waals surface area contributed by atoms with Gasteiger partial charge in [-0.1, -0.05) is 0 Å². The van der Waals surface area contributed by atoms with Crippen LogP contribution < -0.4 is 5.56 Å². The molecule has 17 heavy (non-hydrogen) atoms. The molecule has 0 aliphatic carbocycles. The summed E-state index contributed by atoms with van der Waals surface area (Å²) in [6.45, 7) is 0. The molecule has 2 rings (SSSR count). The number of aromatic carboxylic acids is 1. The highest BCUT2D eigenvalue weighted by Gasteiger charge is 2.11. The summed E-state index contributed by atoms with van der Waals surface area (Å²) in [5.74, 6) is -1.05. The first-order valence-corrected chi connectivity index (χ1v) is 5.39. The highest BCUT2D eigenvalue weighted by molar-refractivity contribution is 7.99. The standard InChI is InChI=1S/C10H7N3O3S/c14-8-2-4-12-10(13-8)17-7-5-11-3-1-6(7)9(15)16/h1-5H,(H,15,16)(H,12,13,14). The van der Waals surface area contributed by atoms with Crippen LogP contribution in [0.5, 0.6) is 0 Å². The van der Waals surface area contributed by atoms with Crippen molar-refractivity contribution in [2.75, 3.05) is 0 Å². The molecule has 0 spiro atoms. The first-order valence-electron chi connectivity index (χ1n) is 4.57. The van der Waals surface area contributed by atoms with Gasteiger partial charge in [0, 0.05) is 29.6 Å². The van der Waals surface area contributed by atoms with Crippen LogP contribution in [0.1, 0.15) is 10.4 Å². The third-order valence-electron chi connectivity index (χ3n) is 1.87. The molecule has 0 aliphatic rings.